The number of ether oxygens (including phenoxy) is 1. The summed E-state index contributed by atoms with van der Waals surface area (Å²) in [6.07, 6.45) is 0. The summed E-state index contributed by atoms with van der Waals surface area (Å²) in [5.74, 6) is 0. The molecule has 0 saturated heterocycles. The highest BCUT2D eigenvalue weighted by molar-refractivity contribution is 7.89. The minimum atomic E-state index is -3.55. The molecular formula is C11H14N2O3S. The van der Waals surface area contributed by atoms with Crippen molar-refractivity contribution in [1.82, 2.24) is 4.72 Å². The van der Waals surface area contributed by atoms with E-state index in [2.05, 4.69) is 4.72 Å². The Morgan fingerprint density at radius 1 is 1.41 bits per heavy atom. The maximum atomic E-state index is 11.9. The predicted octanol–water partition coefficient (Wildman–Crippen LogP) is 0.871. The van der Waals surface area contributed by atoms with Crippen LogP contribution in [0.2, 0.25) is 0 Å². The number of hydrogen-bond acceptors (Lipinski definition) is 4. The first kappa shape index (κ1) is 13.6. The summed E-state index contributed by atoms with van der Waals surface area (Å²) in [5.41, 5.74) is 0.425. The smallest absolute Gasteiger partial charge is 0.240 e. The first-order chi connectivity index (χ1) is 7.99. The van der Waals surface area contributed by atoms with Gasteiger partial charge in [0.2, 0.25) is 10.0 Å². The number of methoxy groups -OCH3 is 1. The molecule has 1 rings (SSSR count). The third-order valence-electron chi connectivity index (χ3n) is 2.07. The Kier molecular flexibility index (Phi) is 4.63. The quantitative estimate of drug-likeness (QED) is 0.845. The number of nitrogens with zero attached hydrogens (tertiary/aromatic N) is 1. The minimum absolute atomic E-state index is 0.138. The molecule has 0 radical (unpaired) electrons. The first-order valence-electron chi connectivity index (χ1n) is 5.01. The molecule has 0 spiro atoms. The molecule has 6 heteroatoms. The van der Waals surface area contributed by atoms with Crippen LogP contribution in [0.15, 0.2) is 29.2 Å². The van der Waals surface area contributed by atoms with Gasteiger partial charge in [0.1, 0.15) is 0 Å². The minimum Gasteiger partial charge on any atom is -0.383 e. The number of hydrogen-bond donors (Lipinski definition) is 1. The van der Waals surface area contributed by atoms with Crippen LogP contribution in [-0.2, 0) is 14.8 Å². The molecule has 1 aromatic carbocycles. The van der Waals surface area contributed by atoms with E-state index in [0.29, 0.717) is 12.2 Å². The Labute approximate surface area is 101 Å². The maximum Gasteiger partial charge on any atom is 0.240 e. The second kappa shape index (κ2) is 5.77. The van der Waals surface area contributed by atoms with E-state index in [1.54, 1.807) is 6.92 Å². The Balaban J connectivity index is 2.86. The number of nitriles is 1. The molecule has 0 amide bonds. The van der Waals surface area contributed by atoms with Gasteiger partial charge < -0.3 is 4.74 Å². The fourth-order valence-corrected chi connectivity index (χ4v) is 2.55. The molecule has 92 valence electrons. The molecule has 1 N–H and O–H groups in total. The van der Waals surface area contributed by atoms with Crippen molar-refractivity contribution >= 4 is 10.0 Å². The van der Waals surface area contributed by atoms with Crippen LogP contribution in [0.25, 0.3) is 0 Å². The fourth-order valence-electron chi connectivity index (χ4n) is 1.33. The Hall–Kier alpha value is -1.42. The molecule has 5 nitrogen and oxygen atoms in total. The molecule has 0 fully saturated rings. The molecule has 0 aromatic heterocycles. The van der Waals surface area contributed by atoms with Gasteiger partial charge in [-0.25, -0.2) is 13.1 Å². The van der Waals surface area contributed by atoms with Crippen LogP contribution in [-0.4, -0.2) is 28.2 Å². The number of benzene rings is 1. The molecule has 0 aliphatic carbocycles. The molecule has 0 bridgehead atoms. The Morgan fingerprint density at radius 3 is 2.47 bits per heavy atom. The zero-order valence-electron chi connectivity index (χ0n) is 9.67. The van der Waals surface area contributed by atoms with Crippen molar-refractivity contribution in [1.29, 1.82) is 5.26 Å². The largest absolute Gasteiger partial charge is 0.383 e. The van der Waals surface area contributed by atoms with Crippen LogP contribution in [0, 0.1) is 11.3 Å². The van der Waals surface area contributed by atoms with Gasteiger partial charge in [-0.15, -0.1) is 0 Å². The monoisotopic (exact) mass is 254 g/mol. The highest BCUT2D eigenvalue weighted by Gasteiger charge is 2.16. The molecule has 0 aliphatic rings. The van der Waals surface area contributed by atoms with Crippen molar-refractivity contribution < 1.29 is 13.2 Å². The lowest BCUT2D eigenvalue weighted by Crippen LogP contribution is -2.35. The second-order valence-electron chi connectivity index (χ2n) is 3.61. The summed E-state index contributed by atoms with van der Waals surface area (Å²) in [7, 11) is -2.04. The van der Waals surface area contributed by atoms with Crippen molar-refractivity contribution in [3.05, 3.63) is 29.8 Å². The SMILES string of the molecule is COCC(C)NS(=O)(=O)c1ccc(C#N)cc1. The van der Waals surface area contributed by atoms with Crippen LogP contribution in [0.5, 0.6) is 0 Å². The highest BCUT2D eigenvalue weighted by atomic mass is 32.2. The third kappa shape index (κ3) is 3.82. The van der Waals surface area contributed by atoms with E-state index in [-0.39, 0.29) is 10.9 Å². The van der Waals surface area contributed by atoms with Crippen molar-refractivity contribution in [3.63, 3.8) is 0 Å². The summed E-state index contributed by atoms with van der Waals surface area (Å²) in [4.78, 5) is 0.138. The van der Waals surface area contributed by atoms with Gasteiger partial charge in [-0.1, -0.05) is 0 Å². The summed E-state index contributed by atoms with van der Waals surface area (Å²) in [5, 5.41) is 8.62. The Morgan fingerprint density at radius 2 is 2.00 bits per heavy atom. The lowest BCUT2D eigenvalue weighted by molar-refractivity contribution is 0.180. The summed E-state index contributed by atoms with van der Waals surface area (Å²) in [6.45, 7) is 2.01. The van der Waals surface area contributed by atoms with E-state index >= 15 is 0 Å². The van der Waals surface area contributed by atoms with Crippen LogP contribution < -0.4 is 4.72 Å². The van der Waals surface area contributed by atoms with Gasteiger partial charge >= 0.3 is 0 Å². The van der Waals surface area contributed by atoms with Gasteiger partial charge in [0.25, 0.3) is 0 Å². The molecule has 0 heterocycles. The Bertz CT molecular complexity index is 503. The van der Waals surface area contributed by atoms with Gasteiger partial charge in [0, 0.05) is 13.2 Å². The molecular weight excluding hydrogens is 240 g/mol. The van der Waals surface area contributed by atoms with Crippen LogP contribution in [0.1, 0.15) is 12.5 Å². The third-order valence-corrected chi connectivity index (χ3v) is 3.67. The highest BCUT2D eigenvalue weighted by Crippen LogP contribution is 2.10. The van der Waals surface area contributed by atoms with E-state index in [0.717, 1.165) is 0 Å². The van der Waals surface area contributed by atoms with Crippen molar-refractivity contribution in [3.8, 4) is 6.07 Å². The van der Waals surface area contributed by atoms with Crippen molar-refractivity contribution in [2.24, 2.45) is 0 Å². The summed E-state index contributed by atoms with van der Waals surface area (Å²) < 4.78 is 31.1. The zero-order chi connectivity index (χ0) is 12.9. The normalized spacial score (nSPS) is 13.0. The van der Waals surface area contributed by atoms with E-state index in [4.69, 9.17) is 10.00 Å². The molecule has 1 unspecified atom stereocenters. The molecule has 17 heavy (non-hydrogen) atoms. The van der Waals surface area contributed by atoms with Gasteiger partial charge in [-0.3, -0.25) is 0 Å². The number of nitrogens with one attached hydrogen (secondary N) is 1. The van der Waals surface area contributed by atoms with Crippen molar-refractivity contribution in [2.45, 2.75) is 17.9 Å². The van der Waals surface area contributed by atoms with Crippen LogP contribution in [0.4, 0.5) is 0 Å². The average molecular weight is 254 g/mol. The topological polar surface area (TPSA) is 79.2 Å². The summed E-state index contributed by atoms with van der Waals surface area (Å²) in [6, 6.07) is 7.37. The van der Waals surface area contributed by atoms with Crippen molar-refractivity contribution in [2.75, 3.05) is 13.7 Å². The lowest BCUT2D eigenvalue weighted by atomic mass is 10.2. The molecule has 1 aromatic rings. The zero-order valence-corrected chi connectivity index (χ0v) is 10.5. The van der Waals surface area contributed by atoms with Crippen LogP contribution >= 0.6 is 0 Å². The van der Waals surface area contributed by atoms with Gasteiger partial charge in [-0.05, 0) is 31.2 Å². The maximum absolute atomic E-state index is 11.9. The van der Waals surface area contributed by atoms with Gasteiger partial charge in [0.15, 0.2) is 0 Å². The van der Waals surface area contributed by atoms with Crippen LogP contribution in [0.3, 0.4) is 0 Å². The number of sulfonamides is 1. The fraction of sp³-hybridized carbons (Fsp3) is 0.364. The van der Waals surface area contributed by atoms with E-state index in [1.165, 1.54) is 31.4 Å². The standard InChI is InChI=1S/C11H14N2O3S/c1-9(8-16-2)13-17(14,15)11-5-3-10(7-12)4-6-11/h3-6,9,13H,8H2,1-2H3. The first-order valence-corrected chi connectivity index (χ1v) is 6.49. The van der Waals surface area contributed by atoms with Gasteiger partial charge in [0.05, 0.1) is 23.1 Å². The van der Waals surface area contributed by atoms with E-state index < -0.39 is 10.0 Å². The summed E-state index contributed by atoms with van der Waals surface area (Å²) >= 11 is 0. The van der Waals surface area contributed by atoms with E-state index in [9.17, 15) is 8.42 Å². The predicted molar refractivity (Wildman–Crippen MR) is 62.8 cm³/mol. The second-order valence-corrected chi connectivity index (χ2v) is 5.33. The number of rotatable bonds is 5. The average Bonchev–Trinajstić information content (AvgIpc) is 2.28. The van der Waals surface area contributed by atoms with Gasteiger partial charge in [-0.2, -0.15) is 5.26 Å². The molecule has 0 saturated carbocycles. The molecule has 0 aliphatic heterocycles. The lowest BCUT2D eigenvalue weighted by Gasteiger charge is -2.13. The van der Waals surface area contributed by atoms with E-state index in [1.807, 2.05) is 6.07 Å². The molecule has 1 atom stereocenters.